The van der Waals surface area contributed by atoms with Gasteiger partial charge in [0.15, 0.2) is 6.10 Å². The number of rotatable bonds is 6. The number of hydrogen-bond acceptors (Lipinski definition) is 4. The first-order valence-electron chi connectivity index (χ1n) is 7.02. The van der Waals surface area contributed by atoms with Crippen molar-refractivity contribution in [2.24, 2.45) is 0 Å². The number of aliphatic hydroxyl groups is 1. The van der Waals surface area contributed by atoms with Crippen molar-refractivity contribution < 1.29 is 14.6 Å². The molecule has 23 heavy (non-hydrogen) atoms. The summed E-state index contributed by atoms with van der Waals surface area (Å²) in [7, 11) is 1.22. The van der Waals surface area contributed by atoms with E-state index in [1.54, 1.807) is 0 Å². The van der Waals surface area contributed by atoms with E-state index in [2.05, 4.69) is 9.57 Å². The Kier molecular flexibility index (Phi) is 6.42. The minimum absolute atomic E-state index is 0.385. The highest BCUT2D eigenvalue weighted by Gasteiger charge is 2.26. The zero-order valence-corrected chi connectivity index (χ0v) is 14.0. The second-order valence-corrected chi connectivity index (χ2v) is 5.75. The smallest absolute Gasteiger partial charge is 0.336 e. The molecule has 122 valence electrons. The minimum atomic E-state index is -1.33. The number of aliphatic hydroxyl groups excluding tert-OH is 1. The lowest BCUT2D eigenvalue weighted by Crippen LogP contribution is -2.42. The predicted octanol–water partition coefficient (Wildman–Crippen LogP) is 3.20. The van der Waals surface area contributed by atoms with Crippen LogP contribution >= 0.6 is 23.4 Å². The van der Waals surface area contributed by atoms with Crippen LogP contribution in [0.1, 0.15) is 5.56 Å². The fourth-order valence-corrected chi connectivity index (χ4v) is 2.64. The zero-order valence-electron chi connectivity index (χ0n) is 12.5. The molecule has 2 atom stereocenters. The summed E-state index contributed by atoms with van der Waals surface area (Å²) in [4.78, 5) is 13.8. The lowest BCUT2D eigenvalue weighted by atomic mass is 9.99. The number of carbonyl (C=O) groups is 1. The maximum Gasteiger partial charge on any atom is 0.336 e. The molecule has 0 spiro atoms. The van der Waals surface area contributed by atoms with Crippen molar-refractivity contribution in [3.63, 3.8) is 0 Å². The van der Waals surface area contributed by atoms with Gasteiger partial charge in [-0.25, -0.2) is 9.63 Å². The summed E-state index contributed by atoms with van der Waals surface area (Å²) in [5, 5.41) is 10.5. The van der Waals surface area contributed by atoms with E-state index in [9.17, 15) is 9.90 Å². The van der Waals surface area contributed by atoms with Crippen molar-refractivity contribution in [3.05, 3.63) is 59.1 Å². The molecule has 2 N–H and O–H groups in total. The Hall–Kier alpha value is -1.59. The van der Waals surface area contributed by atoms with Crippen LogP contribution in [0, 0.1) is 0 Å². The number of benzene rings is 2. The molecule has 0 aliphatic heterocycles. The van der Waals surface area contributed by atoms with Gasteiger partial charge >= 0.3 is 5.97 Å². The van der Waals surface area contributed by atoms with Crippen LogP contribution in [0.15, 0.2) is 48.5 Å². The molecule has 0 radical (unpaired) electrons. The molecular weight excluding hydrogens is 337 g/mol. The fraction of sp³-hybridized carbons (Fsp3) is 0.235. The number of esters is 1. The van der Waals surface area contributed by atoms with Gasteiger partial charge in [-0.3, -0.25) is 0 Å². The summed E-state index contributed by atoms with van der Waals surface area (Å²) in [5.41, 5.74) is 2.97. The van der Waals surface area contributed by atoms with Crippen molar-refractivity contribution in [1.82, 2.24) is 4.84 Å². The molecule has 2 aromatic carbocycles. The third kappa shape index (κ3) is 4.69. The number of nitrogens with one attached hydrogen (secondary N) is 1. The molecule has 0 saturated carbocycles. The van der Waals surface area contributed by atoms with Gasteiger partial charge < -0.3 is 9.84 Å². The molecule has 0 aromatic heterocycles. The highest BCUT2D eigenvalue weighted by atomic mass is 35.5. The second-order valence-electron chi connectivity index (χ2n) is 5.09. The summed E-state index contributed by atoms with van der Waals surface area (Å²) in [6.07, 6.45) is -0.944. The summed E-state index contributed by atoms with van der Waals surface area (Å²) in [5.74, 6) is -0.723. The van der Waals surface area contributed by atoms with Crippen LogP contribution in [0.25, 0.3) is 11.1 Å². The van der Waals surface area contributed by atoms with Crippen molar-refractivity contribution in [2.45, 2.75) is 18.6 Å². The molecule has 0 aliphatic rings. The largest absolute Gasteiger partial charge is 0.467 e. The first-order valence-corrected chi connectivity index (χ1v) is 7.77. The van der Waals surface area contributed by atoms with Crippen molar-refractivity contribution in [2.75, 3.05) is 7.11 Å². The van der Waals surface area contributed by atoms with E-state index in [0.717, 1.165) is 16.7 Å². The topological polar surface area (TPSA) is 58.6 Å². The Labute approximate surface area is 145 Å². The standard InChI is InChI=1S/C17H17Cl2NO3/c1-23-17(22)16(21)15(20-19)9-11-5-7-12(8-6-11)13-3-2-4-14(18)10-13/h2-8,10,15-16,20-21H,9H2,1H3/t15-,16-/m1/s1. The van der Waals surface area contributed by atoms with E-state index in [0.29, 0.717) is 11.4 Å². The number of ether oxygens (including phenoxy) is 1. The molecule has 0 bridgehead atoms. The third-order valence-corrected chi connectivity index (χ3v) is 4.05. The van der Waals surface area contributed by atoms with Gasteiger partial charge in [-0.05, 0) is 47.0 Å². The van der Waals surface area contributed by atoms with Gasteiger partial charge in [0.1, 0.15) is 0 Å². The number of hydrogen-bond donors (Lipinski definition) is 2. The van der Waals surface area contributed by atoms with Crippen LogP contribution in [0.3, 0.4) is 0 Å². The summed E-state index contributed by atoms with van der Waals surface area (Å²) >= 11 is 11.6. The molecule has 0 heterocycles. The molecule has 0 amide bonds. The maximum atomic E-state index is 11.4. The predicted molar refractivity (Wildman–Crippen MR) is 91.4 cm³/mol. The van der Waals surface area contributed by atoms with Gasteiger partial charge in [-0.2, -0.15) is 0 Å². The Bertz CT molecular complexity index is 661. The lowest BCUT2D eigenvalue weighted by Gasteiger charge is -2.19. The third-order valence-electron chi connectivity index (χ3n) is 3.53. The van der Waals surface area contributed by atoms with Crippen LogP contribution in [0.4, 0.5) is 0 Å². The number of halogens is 2. The Balaban J connectivity index is 2.11. The van der Waals surface area contributed by atoms with Gasteiger partial charge in [0.25, 0.3) is 0 Å². The van der Waals surface area contributed by atoms with E-state index in [1.807, 2.05) is 48.5 Å². The summed E-state index contributed by atoms with van der Waals surface area (Å²) in [6, 6.07) is 14.7. The van der Waals surface area contributed by atoms with Crippen molar-refractivity contribution in [3.8, 4) is 11.1 Å². The van der Waals surface area contributed by atoms with Crippen LogP contribution in [0.5, 0.6) is 0 Å². The Morgan fingerprint density at radius 1 is 1.22 bits per heavy atom. The van der Waals surface area contributed by atoms with Crippen molar-refractivity contribution in [1.29, 1.82) is 0 Å². The number of carbonyl (C=O) groups excluding carboxylic acids is 1. The van der Waals surface area contributed by atoms with Crippen LogP contribution < -0.4 is 4.84 Å². The molecule has 4 nitrogen and oxygen atoms in total. The van der Waals surface area contributed by atoms with Gasteiger partial charge in [0.05, 0.1) is 13.2 Å². The SMILES string of the molecule is COC(=O)[C@H](O)[C@@H](Cc1ccc(-c2cccc(Cl)c2)cc1)NCl. The van der Waals surface area contributed by atoms with Crippen LogP contribution in [-0.2, 0) is 16.0 Å². The van der Waals surface area contributed by atoms with E-state index in [4.69, 9.17) is 23.4 Å². The summed E-state index contributed by atoms with van der Waals surface area (Å²) in [6.45, 7) is 0. The van der Waals surface area contributed by atoms with E-state index in [-0.39, 0.29) is 0 Å². The first kappa shape index (κ1) is 17.8. The normalized spacial score (nSPS) is 13.4. The average Bonchev–Trinajstić information content (AvgIpc) is 2.59. The fourth-order valence-electron chi connectivity index (χ4n) is 2.25. The Morgan fingerprint density at radius 2 is 1.91 bits per heavy atom. The first-order chi connectivity index (χ1) is 11.0. The monoisotopic (exact) mass is 353 g/mol. The highest BCUT2D eigenvalue weighted by molar-refractivity contribution is 6.30. The van der Waals surface area contributed by atoms with Gasteiger partial charge in [-0.1, -0.05) is 48.0 Å². The van der Waals surface area contributed by atoms with E-state index < -0.39 is 18.1 Å². The summed E-state index contributed by atoms with van der Waals surface area (Å²) < 4.78 is 4.52. The molecule has 2 aromatic rings. The lowest BCUT2D eigenvalue weighted by molar-refractivity contribution is -0.151. The molecule has 0 fully saturated rings. The molecule has 0 aliphatic carbocycles. The molecule has 6 heteroatoms. The van der Waals surface area contributed by atoms with E-state index >= 15 is 0 Å². The Morgan fingerprint density at radius 3 is 2.48 bits per heavy atom. The molecule has 2 rings (SSSR count). The molecular formula is C17H17Cl2NO3. The molecule has 0 saturated heterocycles. The quantitative estimate of drug-likeness (QED) is 0.618. The van der Waals surface area contributed by atoms with Gasteiger partial charge in [0.2, 0.25) is 0 Å². The minimum Gasteiger partial charge on any atom is -0.467 e. The van der Waals surface area contributed by atoms with Crippen LogP contribution in [0.2, 0.25) is 5.02 Å². The maximum absolute atomic E-state index is 11.4. The van der Waals surface area contributed by atoms with E-state index in [1.165, 1.54) is 7.11 Å². The number of methoxy groups -OCH3 is 1. The van der Waals surface area contributed by atoms with Crippen LogP contribution in [-0.4, -0.2) is 30.3 Å². The van der Waals surface area contributed by atoms with Crippen molar-refractivity contribution >= 4 is 29.3 Å². The van der Waals surface area contributed by atoms with Gasteiger partial charge in [-0.15, -0.1) is 0 Å². The van der Waals surface area contributed by atoms with Gasteiger partial charge in [0, 0.05) is 5.02 Å². The zero-order chi connectivity index (χ0) is 16.8. The molecule has 0 unspecified atom stereocenters. The second kappa shape index (κ2) is 8.31. The highest BCUT2D eigenvalue weighted by Crippen LogP contribution is 2.23. The average molecular weight is 354 g/mol.